The van der Waals surface area contributed by atoms with Gasteiger partial charge in [-0.1, -0.05) is 32.0 Å². The summed E-state index contributed by atoms with van der Waals surface area (Å²) in [5.74, 6) is 0.700. The maximum absolute atomic E-state index is 12.3. The summed E-state index contributed by atoms with van der Waals surface area (Å²) in [6.45, 7) is 10.8. The van der Waals surface area contributed by atoms with Crippen LogP contribution in [-0.4, -0.2) is 62.8 Å². The van der Waals surface area contributed by atoms with Crippen LogP contribution in [0.1, 0.15) is 32.3 Å². The fraction of sp³-hybridized carbons (Fsp3) is 0.667. The predicted octanol–water partition coefficient (Wildman–Crippen LogP) is 2.30. The van der Waals surface area contributed by atoms with E-state index in [0.717, 1.165) is 58.8 Å². The molecule has 5 heteroatoms. The highest BCUT2D eigenvalue weighted by atomic mass is 16.5. The zero-order valence-corrected chi connectivity index (χ0v) is 16.2. The van der Waals surface area contributed by atoms with Crippen LogP contribution >= 0.6 is 0 Å². The van der Waals surface area contributed by atoms with E-state index in [0.29, 0.717) is 18.4 Å². The maximum atomic E-state index is 12.3. The molecule has 3 rings (SSSR count). The number of rotatable bonds is 8. The zero-order chi connectivity index (χ0) is 18.4. The van der Waals surface area contributed by atoms with E-state index in [1.165, 1.54) is 11.3 Å². The van der Waals surface area contributed by atoms with Gasteiger partial charge in [0, 0.05) is 50.9 Å². The SMILES string of the molecule is CC(C)C(CNC(=O)CCCN1CCc2ccccc21)N1CCOCC1. The second-order valence-corrected chi connectivity index (χ2v) is 7.73. The van der Waals surface area contributed by atoms with Gasteiger partial charge in [0.15, 0.2) is 0 Å². The molecule has 2 heterocycles. The minimum Gasteiger partial charge on any atom is -0.379 e. The molecule has 1 aromatic carbocycles. The number of fused-ring (bicyclic) bond motifs is 1. The van der Waals surface area contributed by atoms with Crippen molar-refractivity contribution >= 4 is 11.6 Å². The summed E-state index contributed by atoms with van der Waals surface area (Å²) < 4.78 is 5.45. The summed E-state index contributed by atoms with van der Waals surface area (Å²) in [6, 6.07) is 9.00. The number of hydrogen-bond acceptors (Lipinski definition) is 4. The third kappa shape index (κ3) is 4.98. The molecule has 0 aliphatic carbocycles. The van der Waals surface area contributed by atoms with Gasteiger partial charge in [-0.3, -0.25) is 9.69 Å². The van der Waals surface area contributed by atoms with E-state index in [9.17, 15) is 4.79 Å². The van der Waals surface area contributed by atoms with Crippen LogP contribution in [0.5, 0.6) is 0 Å². The van der Waals surface area contributed by atoms with Gasteiger partial charge >= 0.3 is 0 Å². The second kappa shape index (κ2) is 9.38. The van der Waals surface area contributed by atoms with Crippen LogP contribution in [0, 0.1) is 5.92 Å². The molecule has 144 valence electrons. The van der Waals surface area contributed by atoms with Crippen molar-refractivity contribution in [1.82, 2.24) is 10.2 Å². The fourth-order valence-corrected chi connectivity index (χ4v) is 4.07. The highest BCUT2D eigenvalue weighted by Crippen LogP contribution is 2.27. The van der Waals surface area contributed by atoms with Gasteiger partial charge in [0.25, 0.3) is 0 Å². The van der Waals surface area contributed by atoms with Crippen LogP contribution in [0.4, 0.5) is 5.69 Å². The molecule has 2 aliphatic heterocycles. The summed E-state index contributed by atoms with van der Waals surface area (Å²) in [5, 5.41) is 3.17. The molecule has 1 atom stereocenters. The average Bonchev–Trinajstić information content (AvgIpc) is 3.06. The van der Waals surface area contributed by atoms with Crippen molar-refractivity contribution in [3.05, 3.63) is 29.8 Å². The molecule has 2 aliphatic rings. The van der Waals surface area contributed by atoms with Crippen LogP contribution < -0.4 is 10.2 Å². The minimum absolute atomic E-state index is 0.177. The van der Waals surface area contributed by atoms with E-state index in [2.05, 4.69) is 53.2 Å². The van der Waals surface area contributed by atoms with Gasteiger partial charge in [0.1, 0.15) is 0 Å². The monoisotopic (exact) mass is 359 g/mol. The van der Waals surface area contributed by atoms with Crippen molar-refractivity contribution < 1.29 is 9.53 Å². The van der Waals surface area contributed by atoms with Crippen molar-refractivity contribution in [2.75, 3.05) is 50.8 Å². The molecule has 0 spiro atoms. The molecule has 0 aromatic heterocycles. The largest absolute Gasteiger partial charge is 0.379 e. The number of hydrogen-bond donors (Lipinski definition) is 1. The van der Waals surface area contributed by atoms with E-state index in [1.54, 1.807) is 0 Å². The van der Waals surface area contributed by atoms with Crippen LogP contribution in [0.3, 0.4) is 0 Å². The molecule has 1 N–H and O–H groups in total. The van der Waals surface area contributed by atoms with Gasteiger partial charge in [-0.05, 0) is 30.4 Å². The Kier molecular flexibility index (Phi) is 6.92. The van der Waals surface area contributed by atoms with Crippen molar-refractivity contribution in [3.8, 4) is 0 Å². The van der Waals surface area contributed by atoms with E-state index >= 15 is 0 Å². The summed E-state index contributed by atoms with van der Waals surface area (Å²) in [6.07, 6.45) is 2.63. The van der Waals surface area contributed by atoms with Crippen molar-refractivity contribution in [3.63, 3.8) is 0 Å². The lowest BCUT2D eigenvalue weighted by Crippen LogP contribution is -2.51. The molecular weight excluding hydrogens is 326 g/mol. The number of benzene rings is 1. The predicted molar refractivity (Wildman–Crippen MR) is 106 cm³/mol. The number of nitrogens with zero attached hydrogens (tertiary/aromatic N) is 2. The lowest BCUT2D eigenvalue weighted by molar-refractivity contribution is -0.121. The number of amides is 1. The van der Waals surface area contributed by atoms with E-state index in [4.69, 9.17) is 4.74 Å². The standard InChI is InChI=1S/C21H33N3O2/c1-17(2)20(24-12-14-26-15-13-24)16-22-21(25)8-5-10-23-11-9-18-6-3-4-7-19(18)23/h3-4,6-7,17,20H,5,8-16H2,1-2H3,(H,22,25). The van der Waals surface area contributed by atoms with E-state index in [-0.39, 0.29) is 5.91 Å². The number of nitrogens with one attached hydrogen (secondary N) is 1. The van der Waals surface area contributed by atoms with Crippen LogP contribution in [0.25, 0.3) is 0 Å². The second-order valence-electron chi connectivity index (χ2n) is 7.73. The topological polar surface area (TPSA) is 44.8 Å². The molecule has 26 heavy (non-hydrogen) atoms. The third-order valence-electron chi connectivity index (χ3n) is 5.61. The van der Waals surface area contributed by atoms with Gasteiger partial charge < -0.3 is 15.0 Å². The van der Waals surface area contributed by atoms with Crippen LogP contribution in [-0.2, 0) is 16.0 Å². The number of carbonyl (C=O) groups is 1. The quantitative estimate of drug-likeness (QED) is 0.774. The minimum atomic E-state index is 0.177. The van der Waals surface area contributed by atoms with Gasteiger partial charge in [0.2, 0.25) is 5.91 Å². The lowest BCUT2D eigenvalue weighted by Gasteiger charge is -2.36. The smallest absolute Gasteiger partial charge is 0.220 e. The highest BCUT2D eigenvalue weighted by Gasteiger charge is 2.24. The molecule has 1 amide bonds. The van der Waals surface area contributed by atoms with Crippen molar-refractivity contribution in [2.24, 2.45) is 5.92 Å². The third-order valence-corrected chi connectivity index (χ3v) is 5.61. The Balaban J connectivity index is 1.38. The maximum Gasteiger partial charge on any atom is 0.220 e. The first-order valence-electron chi connectivity index (χ1n) is 10.1. The summed E-state index contributed by atoms with van der Waals surface area (Å²) in [4.78, 5) is 17.2. The van der Waals surface area contributed by atoms with Crippen molar-refractivity contribution in [1.29, 1.82) is 0 Å². The molecule has 1 fully saturated rings. The van der Waals surface area contributed by atoms with Gasteiger partial charge in [0.05, 0.1) is 13.2 Å². The summed E-state index contributed by atoms with van der Waals surface area (Å²) in [5.41, 5.74) is 2.78. The van der Waals surface area contributed by atoms with Gasteiger partial charge in [-0.25, -0.2) is 0 Å². The number of morpholine rings is 1. The van der Waals surface area contributed by atoms with Gasteiger partial charge in [-0.2, -0.15) is 0 Å². The van der Waals surface area contributed by atoms with E-state index < -0.39 is 0 Å². The Morgan fingerprint density at radius 3 is 2.73 bits per heavy atom. The van der Waals surface area contributed by atoms with Crippen LogP contribution in [0.2, 0.25) is 0 Å². The first kappa shape index (κ1) is 19.2. The Bertz CT molecular complexity index is 584. The van der Waals surface area contributed by atoms with Crippen LogP contribution in [0.15, 0.2) is 24.3 Å². The molecule has 1 aromatic rings. The molecule has 0 bridgehead atoms. The Hall–Kier alpha value is -1.59. The molecule has 5 nitrogen and oxygen atoms in total. The Morgan fingerprint density at radius 1 is 1.19 bits per heavy atom. The molecule has 1 saturated heterocycles. The number of para-hydroxylation sites is 1. The Morgan fingerprint density at radius 2 is 1.96 bits per heavy atom. The first-order chi connectivity index (χ1) is 12.6. The van der Waals surface area contributed by atoms with Crippen molar-refractivity contribution in [2.45, 2.75) is 39.2 Å². The first-order valence-corrected chi connectivity index (χ1v) is 10.1. The lowest BCUT2D eigenvalue weighted by atomic mass is 10.0. The summed E-state index contributed by atoms with van der Waals surface area (Å²) in [7, 11) is 0. The fourth-order valence-electron chi connectivity index (χ4n) is 4.07. The zero-order valence-electron chi connectivity index (χ0n) is 16.2. The average molecular weight is 360 g/mol. The van der Waals surface area contributed by atoms with E-state index in [1.807, 2.05) is 0 Å². The highest BCUT2D eigenvalue weighted by molar-refractivity contribution is 5.76. The molecular formula is C21H33N3O2. The number of ether oxygens (including phenoxy) is 1. The Labute approximate surface area is 157 Å². The van der Waals surface area contributed by atoms with Gasteiger partial charge in [-0.15, -0.1) is 0 Å². The molecule has 0 saturated carbocycles. The normalized spacial score (nSPS) is 18.8. The number of anilines is 1. The summed E-state index contributed by atoms with van der Waals surface area (Å²) >= 11 is 0. The number of carbonyl (C=O) groups excluding carboxylic acids is 1. The molecule has 0 radical (unpaired) electrons. The molecule has 1 unspecified atom stereocenters.